The summed E-state index contributed by atoms with van der Waals surface area (Å²) >= 11 is 3.36. The molecule has 2 heterocycles. The van der Waals surface area contributed by atoms with Gasteiger partial charge in [-0.25, -0.2) is 9.97 Å². The quantitative estimate of drug-likeness (QED) is 0.532. The first kappa shape index (κ1) is 12.7. The lowest BCUT2D eigenvalue weighted by Crippen LogP contribution is -1.90. The molecule has 3 aromatic rings. The van der Waals surface area contributed by atoms with Crippen molar-refractivity contribution < 1.29 is 4.92 Å². The third kappa shape index (κ3) is 2.05. The minimum Gasteiger partial charge on any atom is -0.287 e. The Morgan fingerprint density at radius 1 is 1.40 bits per heavy atom. The van der Waals surface area contributed by atoms with E-state index in [-0.39, 0.29) is 5.69 Å². The molecule has 0 saturated carbocycles. The van der Waals surface area contributed by atoms with Crippen molar-refractivity contribution in [1.82, 2.24) is 14.4 Å². The monoisotopic (exact) mass is 332 g/mol. The zero-order valence-corrected chi connectivity index (χ0v) is 12.0. The van der Waals surface area contributed by atoms with Gasteiger partial charge in [-0.1, -0.05) is 12.1 Å². The molecule has 0 atom stereocenters. The predicted molar refractivity (Wildman–Crippen MR) is 77.5 cm³/mol. The Morgan fingerprint density at radius 3 is 2.95 bits per heavy atom. The molecule has 0 bridgehead atoms. The van der Waals surface area contributed by atoms with Crippen LogP contribution >= 0.6 is 15.9 Å². The van der Waals surface area contributed by atoms with Crippen molar-refractivity contribution in [2.75, 3.05) is 0 Å². The fourth-order valence-electron chi connectivity index (χ4n) is 2.06. The summed E-state index contributed by atoms with van der Waals surface area (Å²) in [5.41, 5.74) is 2.33. The van der Waals surface area contributed by atoms with Crippen molar-refractivity contribution in [3.8, 4) is 11.3 Å². The van der Waals surface area contributed by atoms with E-state index in [0.717, 1.165) is 10.2 Å². The topological polar surface area (TPSA) is 73.3 Å². The maximum absolute atomic E-state index is 10.8. The predicted octanol–water partition coefficient (Wildman–Crippen LogP) is 3.38. The molecule has 0 aliphatic carbocycles. The standard InChI is InChI=1S/C13H9BrN4O2/c1-8-12(9-3-2-4-11(5-9)18(19)20)16-13-15-6-10(14)7-17(8)13/h2-7H,1H3. The van der Waals surface area contributed by atoms with Crippen LogP contribution in [0.25, 0.3) is 17.0 Å². The Kier molecular flexibility index (Phi) is 2.98. The summed E-state index contributed by atoms with van der Waals surface area (Å²) in [6.07, 6.45) is 3.53. The van der Waals surface area contributed by atoms with E-state index in [1.165, 1.54) is 12.1 Å². The first-order valence-corrected chi connectivity index (χ1v) is 6.60. The van der Waals surface area contributed by atoms with Crippen molar-refractivity contribution in [2.24, 2.45) is 0 Å². The number of nitro benzene ring substituents is 1. The zero-order chi connectivity index (χ0) is 14.3. The largest absolute Gasteiger partial charge is 0.287 e. The molecule has 3 rings (SSSR count). The molecule has 0 aliphatic heterocycles. The summed E-state index contributed by atoms with van der Waals surface area (Å²) in [6.45, 7) is 1.91. The third-order valence-corrected chi connectivity index (χ3v) is 3.43. The van der Waals surface area contributed by atoms with Crippen LogP contribution in [-0.2, 0) is 0 Å². The number of rotatable bonds is 2. The van der Waals surface area contributed by atoms with E-state index in [1.807, 2.05) is 17.5 Å². The Labute approximate surface area is 122 Å². The first-order valence-electron chi connectivity index (χ1n) is 5.81. The number of nitrogens with zero attached hydrogens (tertiary/aromatic N) is 4. The van der Waals surface area contributed by atoms with Crippen molar-refractivity contribution in [3.05, 3.63) is 56.9 Å². The molecule has 0 aliphatic rings. The first-order chi connectivity index (χ1) is 9.56. The zero-order valence-electron chi connectivity index (χ0n) is 10.4. The maximum Gasteiger partial charge on any atom is 0.270 e. The molecule has 0 N–H and O–H groups in total. The van der Waals surface area contributed by atoms with E-state index in [0.29, 0.717) is 17.0 Å². The highest BCUT2D eigenvalue weighted by molar-refractivity contribution is 9.10. The highest BCUT2D eigenvalue weighted by Crippen LogP contribution is 2.26. The van der Waals surface area contributed by atoms with E-state index < -0.39 is 4.92 Å². The lowest BCUT2D eigenvalue weighted by atomic mass is 10.1. The summed E-state index contributed by atoms with van der Waals surface area (Å²) in [5, 5.41) is 10.8. The van der Waals surface area contributed by atoms with E-state index in [2.05, 4.69) is 25.9 Å². The van der Waals surface area contributed by atoms with Crippen LogP contribution in [-0.4, -0.2) is 19.3 Å². The van der Waals surface area contributed by atoms with Gasteiger partial charge in [0.2, 0.25) is 5.78 Å². The number of imidazole rings is 1. The molecular weight excluding hydrogens is 324 g/mol. The van der Waals surface area contributed by atoms with Gasteiger partial charge in [0, 0.05) is 35.8 Å². The number of fused-ring (bicyclic) bond motifs is 1. The number of aryl methyl sites for hydroxylation is 1. The van der Waals surface area contributed by atoms with Crippen LogP contribution in [0.3, 0.4) is 0 Å². The van der Waals surface area contributed by atoms with Gasteiger partial charge in [-0.15, -0.1) is 0 Å². The van der Waals surface area contributed by atoms with Gasteiger partial charge in [0.25, 0.3) is 5.69 Å². The van der Waals surface area contributed by atoms with Gasteiger partial charge in [0.1, 0.15) is 0 Å². The third-order valence-electron chi connectivity index (χ3n) is 3.02. The molecular formula is C13H9BrN4O2. The number of hydrogen-bond acceptors (Lipinski definition) is 4. The smallest absolute Gasteiger partial charge is 0.270 e. The number of hydrogen-bond donors (Lipinski definition) is 0. The number of aromatic nitrogens is 3. The molecule has 0 spiro atoms. The average Bonchev–Trinajstić information content (AvgIpc) is 2.76. The maximum atomic E-state index is 10.8. The van der Waals surface area contributed by atoms with Crippen LogP contribution in [0.15, 0.2) is 41.1 Å². The lowest BCUT2D eigenvalue weighted by Gasteiger charge is -1.99. The fraction of sp³-hybridized carbons (Fsp3) is 0.0769. The highest BCUT2D eigenvalue weighted by Gasteiger charge is 2.14. The molecule has 100 valence electrons. The summed E-state index contributed by atoms with van der Waals surface area (Å²) in [5.74, 6) is 0.562. The summed E-state index contributed by atoms with van der Waals surface area (Å²) in [6, 6.07) is 6.43. The molecule has 0 radical (unpaired) electrons. The van der Waals surface area contributed by atoms with E-state index >= 15 is 0 Å². The normalized spacial score (nSPS) is 10.9. The van der Waals surface area contributed by atoms with E-state index in [1.54, 1.807) is 18.3 Å². The van der Waals surface area contributed by atoms with Crippen LogP contribution in [0.2, 0.25) is 0 Å². The van der Waals surface area contributed by atoms with Gasteiger partial charge in [-0.2, -0.15) is 0 Å². The van der Waals surface area contributed by atoms with Crippen LogP contribution in [0.1, 0.15) is 5.69 Å². The Morgan fingerprint density at radius 2 is 2.20 bits per heavy atom. The van der Waals surface area contributed by atoms with Crippen molar-refractivity contribution in [3.63, 3.8) is 0 Å². The SMILES string of the molecule is Cc1c(-c2cccc([N+](=O)[O-])c2)nc2ncc(Br)cn12. The lowest BCUT2D eigenvalue weighted by molar-refractivity contribution is -0.384. The molecule has 6 nitrogen and oxygen atoms in total. The van der Waals surface area contributed by atoms with E-state index in [4.69, 9.17) is 0 Å². The van der Waals surface area contributed by atoms with Crippen LogP contribution in [0, 0.1) is 17.0 Å². The number of non-ortho nitro benzene ring substituents is 1. The molecule has 0 unspecified atom stereocenters. The summed E-state index contributed by atoms with van der Waals surface area (Å²) in [4.78, 5) is 19.1. The van der Waals surface area contributed by atoms with Crippen LogP contribution < -0.4 is 0 Å². The number of benzene rings is 1. The molecule has 0 fully saturated rings. The molecule has 0 amide bonds. The molecule has 7 heteroatoms. The minimum atomic E-state index is -0.413. The second-order valence-electron chi connectivity index (χ2n) is 4.30. The molecule has 0 saturated heterocycles. The van der Waals surface area contributed by atoms with Crippen molar-refractivity contribution in [1.29, 1.82) is 0 Å². The summed E-state index contributed by atoms with van der Waals surface area (Å²) in [7, 11) is 0. The molecule has 20 heavy (non-hydrogen) atoms. The number of nitro groups is 1. The Balaban J connectivity index is 2.22. The second-order valence-corrected chi connectivity index (χ2v) is 5.21. The van der Waals surface area contributed by atoms with Gasteiger partial charge < -0.3 is 0 Å². The van der Waals surface area contributed by atoms with Gasteiger partial charge in [-0.3, -0.25) is 14.5 Å². The highest BCUT2D eigenvalue weighted by atomic mass is 79.9. The van der Waals surface area contributed by atoms with Gasteiger partial charge in [0.05, 0.1) is 15.1 Å². The number of halogens is 1. The van der Waals surface area contributed by atoms with Gasteiger partial charge >= 0.3 is 0 Å². The second kappa shape index (κ2) is 4.68. The van der Waals surface area contributed by atoms with Crippen molar-refractivity contribution >= 4 is 27.4 Å². The Hall–Kier alpha value is -2.28. The van der Waals surface area contributed by atoms with Gasteiger partial charge in [-0.05, 0) is 22.9 Å². The van der Waals surface area contributed by atoms with Crippen LogP contribution in [0.4, 0.5) is 5.69 Å². The molecule has 2 aromatic heterocycles. The summed E-state index contributed by atoms with van der Waals surface area (Å²) < 4.78 is 2.69. The Bertz CT molecular complexity index is 828. The van der Waals surface area contributed by atoms with Crippen LogP contribution in [0.5, 0.6) is 0 Å². The average molecular weight is 333 g/mol. The van der Waals surface area contributed by atoms with Crippen molar-refractivity contribution in [2.45, 2.75) is 6.92 Å². The fourth-order valence-corrected chi connectivity index (χ4v) is 2.37. The van der Waals surface area contributed by atoms with E-state index in [9.17, 15) is 10.1 Å². The molecule has 1 aromatic carbocycles. The van der Waals surface area contributed by atoms with Gasteiger partial charge in [0.15, 0.2) is 0 Å². The minimum absolute atomic E-state index is 0.0492.